The van der Waals surface area contributed by atoms with E-state index in [1.165, 1.54) is 69.8 Å². The lowest BCUT2D eigenvalue weighted by atomic mass is 9.88. The molecule has 31 heavy (non-hydrogen) atoms. The monoisotopic (exact) mass is 414 g/mol. The summed E-state index contributed by atoms with van der Waals surface area (Å²) in [6, 6.07) is 21.9. The number of nitrogens with zero attached hydrogens (tertiary/aromatic N) is 2. The fourth-order valence-electron chi connectivity index (χ4n) is 5.80. The first kappa shape index (κ1) is 20.4. The summed E-state index contributed by atoms with van der Waals surface area (Å²) in [7, 11) is 0. The molecule has 1 amide bonds. The third-order valence-corrected chi connectivity index (χ3v) is 7.38. The van der Waals surface area contributed by atoms with Crippen LogP contribution in [0.3, 0.4) is 0 Å². The van der Waals surface area contributed by atoms with Crippen LogP contribution < -0.4 is 0 Å². The number of carbonyl (C=O) groups is 1. The van der Waals surface area contributed by atoms with Gasteiger partial charge < -0.3 is 9.47 Å². The highest BCUT2D eigenvalue weighted by Gasteiger charge is 2.34. The average molecular weight is 415 g/mol. The zero-order valence-corrected chi connectivity index (χ0v) is 18.5. The van der Waals surface area contributed by atoms with E-state index in [1.54, 1.807) is 0 Å². The van der Waals surface area contributed by atoms with Gasteiger partial charge in [-0.1, -0.05) is 87.1 Å². The van der Waals surface area contributed by atoms with Crippen molar-refractivity contribution in [1.82, 2.24) is 9.47 Å². The van der Waals surface area contributed by atoms with Crippen LogP contribution in [0.15, 0.2) is 60.7 Å². The molecule has 3 heteroatoms. The highest BCUT2D eigenvalue weighted by Crippen LogP contribution is 2.33. The van der Waals surface area contributed by atoms with Crippen molar-refractivity contribution < 1.29 is 4.79 Å². The second-order valence-electron chi connectivity index (χ2n) is 9.46. The molecule has 1 aromatic heterocycles. The third-order valence-electron chi connectivity index (χ3n) is 7.38. The van der Waals surface area contributed by atoms with Gasteiger partial charge in [0.05, 0.1) is 0 Å². The van der Waals surface area contributed by atoms with Gasteiger partial charge in [0.2, 0.25) is 0 Å². The first-order valence-electron chi connectivity index (χ1n) is 12.3. The molecule has 2 fully saturated rings. The van der Waals surface area contributed by atoms with Gasteiger partial charge >= 0.3 is 0 Å². The SMILES string of the molecule is O=C(c1cc2ccccc2n1Cc1ccccc1)N(C1CCCCC1)C1CCCCC1. The van der Waals surface area contributed by atoms with Gasteiger partial charge in [0.15, 0.2) is 0 Å². The molecule has 1 heterocycles. The maximum absolute atomic E-state index is 14.2. The number of hydrogen-bond donors (Lipinski definition) is 0. The van der Waals surface area contributed by atoms with Crippen molar-refractivity contribution in [2.75, 3.05) is 0 Å². The number of amides is 1. The molecule has 3 aromatic rings. The van der Waals surface area contributed by atoms with Crippen LogP contribution in [-0.4, -0.2) is 27.5 Å². The van der Waals surface area contributed by atoms with Crippen LogP contribution in [-0.2, 0) is 6.54 Å². The van der Waals surface area contributed by atoms with E-state index in [2.05, 4.69) is 70.1 Å². The number of aromatic nitrogens is 1. The Bertz CT molecular complexity index is 992. The summed E-state index contributed by atoms with van der Waals surface area (Å²) < 4.78 is 2.26. The summed E-state index contributed by atoms with van der Waals surface area (Å²) in [4.78, 5) is 16.6. The van der Waals surface area contributed by atoms with Crippen molar-refractivity contribution in [3.05, 3.63) is 71.9 Å². The Morgan fingerprint density at radius 3 is 2.00 bits per heavy atom. The summed E-state index contributed by atoms with van der Waals surface area (Å²) >= 11 is 0. The van der Waals surface area contributed by atoms with Crippen molar-refractivity contribution in [3.63, 3.8) is 0 Å². The number of rotatable bonds is 5. The number of hydrogen-bond acceptors (Lipinski definition) is 1. The summed E-state index contributed by atoms with van der Waals surface area (Å²) in [5.41, 5.74) is 3.25. The highest BCUT2D eigenvalue weighted by atomic mass is 16.2. The number of carbonyl (C=O) groups excluding carboxylic acids is 1. The molecule has 0 spiro atoms. The lowest BCUT2D eigenvalue weighted by molar-refractivity contribution is 0.0438. The molecule has 0 radical (unpaired) electrons. The van der Waals surface area contributed by atoms with E-state index in [-0.39, 0.29) is 5.91 Å². The van der Waals surface area contributed by atoms with Crippen LogP contribution in [0, 0.1) is 0 Å². The van der Waals surface area contributed by atoms with E-state index < -0.39 is 0 Å². The Labute approximate surface area is 186 Å². The van der Waals surface area contributed by atoms with Gasteiger partial charge in [-0.2, -0.15) is 0 Å². The van der Waals surface area contributed by atoms with Gasteiger partial charge in [0, 0.05) is 29.5 Å². The Morgan fingerprint density at radius 1 is 0.774 bits per heavy atom. The first-order chi connectivity index (χ1) is 15.3. The number of benzene rings is 2. The van der Waals surface area contributed by atoms with Crippen LogP contribution in [0.25, 0.3) is 10.9 Å². The summed E-state index contributed by atoms with van der Waals surface area (Å²) in [6.07, 6.45) is 12.3. The minimum absolute atomic E-state index is 0.255. The van der Waals surface area contributed by atoms with Crippen molar-refractivity contribution >= 4 is 16.8 Å². The second kappa shape index (κ2) is 9.30. The van der Waals surface area contributed by atoms with Crippen molar-refractivity contribution in [2.45, 2.75) is 82.8 Å². The largest absolute Gasteiger partial charge is 0.332 e. The van der Waals surface area contributed by atoms with Crippen molar-refractivity contribution in [2.24, 2.45) is 0 Å². The molecule has 5 rings (SSSR count). The molecule has 3 nitrogen and oxygen atoms in total. The zero-order valence-electron chi connectivity index (χ0n) is 18.5. The maximum atomic E-state index is 14.2. The van der Waals surface area contributed by atoms with E-state index in [9.17, 15) is 4.79 Å². The Kier molecular flexibility index (Phi) is 6.11. The smallest absolute Gasteiger partial charge is 0.271 e. The summed E-state index contributed by atoms with van der Waals surface area (Å²) in [5, 5.41) is 1.16. The highest BCUT2D eigenvalue weighted by molar-refractivity contribution is 5.99. The van der Waals surface area contributed by atoms with Gasteiger partial charge in [-0.3, -0.25) is 4.79 Å². The van der Waals surface area contributed by atoms with E-state index in [4.69, 9.17) is 0 Å². The molecule has 162 valence electrons. The Balaban J connectivity index is 1.55. The molecule has 0 unspecified atom stereocenters. The molecule has 2 aliphatic carbocycles. The second-order valence-corrected chi connectivity index (χ2v) is 9.46. The normalized spacial score (nSPS) is 18.3. The molecule has 0 saturated heterocycles. The predicted octanol–water partition coefficient (Wildman–Crippen LogP) is 6.80. The molecule has 0 bridgehead atoms. The average Bonchev–Trinajstić information content (AvgIpc) is 3.20. The minimum Gasteiger partial charge on any atom is -0.332 e. The van der Waals surface area contributed by atoms with Gasteiger partial charge in [-0.15, -0.1) is 0 Å². The van der Waals surface area contributed by atoms with Gasteiger partial charge in [0.25, 0.3) is 5.91 Å². The molecule has 0 atom stereocenters. The van der Waals surface area contributed by atoms with Gasteiger partial charge in [0.1, 0.15) is 5.69 Å². The van der Waals surface area contributed by atoms with Crippen LogP contribution in [0.2, 0.25) is 0 Å². The molecular weight excluding hydrogens is 380 g/mol. The van der Waals surface area contributed by atoms with Gasteiger partial charge in [-0.25, -0.2) is 0 Å². The third kappa shape index (κ3) is 4.28. The van der Waals surface area contributed by atoms with Crippen LogP contribution in [0.5, 0.6) is 0 Å². The molecule has 0 aliphatic heterocycles. The van der Waals surface area contributed by atoms with Crippen LogP contribution in [0.4, 0.5) is 0 Å². The standard InChI is InChI=1S/C28H34N2O/c31-28(30(24-15-6-2-7-16-24)25-17-8-3-9-18-25)27-20-23-14-10-11-19-26(23)29(27)21-22-12-4-1-5-13-22/h1,4-5,10-14,19-20,24-25H,2-3,6-9,15-18,21H2. The quantitative estimate of drug-likeness (QED) is 0.451. The lowest BCUT2D eigenvalue weighted by Crippen LogP contribution is -2.49. The number of para-hydroxylation sites is 1. The van der Waals surface area contributed by atoms with E-state index in [0.717, 1.165) is 23.1 Å². The van der Waals surface area contributed by atoms with Crippen molar-refractivity contribution in [1.29, 1.82) is 0 Å². The molecule has 2 saturated carbocycles. The van der Waals surface area contributed by atoms with Crippen LogP contribution >= 0.6 is 0 Å². The topological polar surface area (TPSA) is 25.2 Å². The van der Waals surface area contributed by atoms with Crippen molar-refractivity contribution in [3.8, 4) is 0 Å². The molecule has 2 aromatic carbocycles. The van der Waals surface area contributed by atoms with Crippen LogP contribution in [0.1, 0.15) is 80.3 Å². The van der Waals surface area contributed by atoms with E-state index >= 15 is 0 Å². The Morgan fingerprint density at radius 2 is 1.35 bits per heavy atom. The lowest BCUT2D eigenvalue weighted by Gasteiger charge is -2.42. The maximum Gasteiger partial charge on any atom is 0.271 e. The predicted molar refractivity (Wildman–Crippen MR) is 127 cm³/mol. The first-order valence-corrected chi connectivity index (χ1v) is 12.3. The zero-order chi connectivity index (χ0) is 21.0. The van der Waals surface area contributed by atoms with E-state index in [0.29, 0.717) is 12.1 Å². The summed E-state index contributed by atoms with van der Waals surface area (Å²) in [5.74, 6) is 0.255. The van der Waals surface area contributed by atoms with Gasteiger partial charge in [-0.05, 0) is 43.4 Å². The molecular formula is C28H34N2O. The minimum atomic E-state index is 0.255. The summed E-state index contributed by atoms with van der Waals surface area (Å²) in [6.45, 7) is 0.735. The number of fused-ring (bicyclic) bond motifs is 1. The fourth-order valence-corrected chi connectivity index (χ4v) is 5.80. The molecule has 2 aliphatic rings. The van der Waals surface area contributed by atoms with E-state index in [1.807, 2.05) is 0 Å². The molecule has 0 N–H and O–H groups in total. The Hall–Kier alpha value is -2.55. The fraction of sp³-hybridized carbons (Fsp3) is 0.464.